The maximum absolute atomic E-state index is 11.6. The minimum atomic E-state index is 0.320. The molecule has 5 heteroatoms. The lowest BCUT2D eigenvalue weighted by molar-refractivity contribution is -0.130. The zero-order valence-corrected chi connectivity index (χ0v) is 11.6. The molecule has 2 aliphatic rings. The first-order chi connectivity index (χ1) is 9.13. The Morgan fingerprint density at radius 3 is 3.00 bits per heavy atom. The van der Waals surface area contributed by atoms with E-state index in [2.05, 4.69) is 4.90 Å². The molecule has 2 fully saturated rings. The van der Waals surface area contributed by atoms with Gasteiger partial charge in [0.05, 0.1) is 10.7 Å². The van der Waals surface area contributed by atoms with Crippen molar-refractivity contribution in [2.24, 2.45) is 0 Å². The molecule has 0 spiro atoms. The van der Waals surface area contributed by atoms with Crippen molar-refractivity contribution in [1.29, 1.82) is 0 Å². The van der Waals surface area contributed by atoms with Gasteiger partial charge in [-0.25, -0.2) is 0 Å². The third-order valence-electron chi connectivity index (χ3n) is 4.05. The van der Waals surface area contributed by atoms with E-state index in [1.165, 1.54) is 5.56 Å². The summed E-state index contributed by atoms with van der Waals surface area (Å²) in [5.41, 5.74) is 7.64. The molecular weight excluding hydrogens is 262 g/mol. The largest absolute Gasteiger partial charge is 0.398 e. The Labute approximate surface area is 118 Å². The lowest BCUT2D eigenvalue weighted by Crippen LogP contribution is -2.50. The quantitative estimate of drug-likeness (QED) is 0.839. The van der Waals surface area contributed by atoms with E-state index in [9.17, 15) is 4.79 Å². The Bertz CT molecular complexity index is 505. The molecule has 3 rings (SSSR count). The number of halogens is 1. The summed E-state index contributed by atoms with van der Waals surface area (Å²) in [5, 5.41) is 0.606. The Morgan fingerprint density at radius 2 is 2.21 bits per heavy atom. The molecule has 0 radical (unpaired) electrons. The third kappa shape index (κ3) is 2.55. The van der Waals surface area contributed by atoms with Crippen LogP contribution < -0.4 is 5.73 Å². The van der Waals surface area contributed by atoms with E-state index in [4.69, 9.17) is 17.3 Å². The fourth-order valence-electron chi connectivity index (χ4n) is 3.02. The lowest BCUT2D eigenvalue weighted by Gasteiger charge is -2.37. The van der Waals surface area contributed by atoms with E-state index >= 15 is 0 Å². The van der Waals surface area contributed by atoms with Crippen molar-refractivity contribution in [2.75, 3.05) is 25.4 Å². The van der Waals surface area contributed by atoms with Gasteiger partial charge in [0.2, 0.25) is 5.91 Å². The molecule has 2 saturated heterocycles. The standard InChI is InChI=1S/C14H18ClN3O/c15-12-3-1-10(7-13(12)16)8-17-5-6-18-11(9-17)2-4-14(18)19/h1,3,7,11H,2,4-6,8-9,16H2. The van der Waals surface area contributed by atoms with Crippen molar-refractivity contribution in [3.63, 3.8) is 0 Å². The van der Waals surface area contributed by atoms with Gasteiger partial charge in [-0.15, -0.1) is 0 Å². The van der Waals surface area contributed by atoms with Gasteiger partial charge in [-0.3, -0.25) is 9.69 Å². The molecule has 1 atom stereocenters. The van der Waals surface area contributed by atoms with E-state index in [1.54, 1.807) is 0 Å². The smallest absolute Gasteiger partial charge is 0.222 e. The van der Waals surface area contributed by atoms with Crippen molar-refractivity contribution in [3.05, 3.63) is 28.8 Å². The van der Waals surface area contributed by atoms with Gasteiger partial charge in [0, 0.05) is 38.6 Å². The molecule has 0 bridgehead atoms. The molecular formula is C14H18ClN3O. The monoisotopic (exact) mass is 279 g/mol. The van der Waals surface area contributed by atoms with Crippen LogP contribution in [0.2, 0.25) is 5.02 Å². The van der Waals surface area contributed by atoms with E-state index < -0.39 is 0 Å². The molecule has 2 aliphatic heterocycles. The minimum Gasteiger partial charge on any atom is -0.398 e. The summed E-state index contributed by atoms with van der Waals surface area (Å²) >= 11 is 5.93. The Morgan fingerprint density at radius 1 is 1.37 bits per heavy atom. The molecule has 0 aliphatic carbocycles. The molecule has 102 valence electrons. The second-order valence-electron chi connectivity index (χ2n) is 5.37. The SMILES string of the molecule is Nc1cc(CN2CCN3C(=O)CCC3C2)ccc1Cl. The van der Waals surface area contributed by atoms with Crippen LogP contribution in [-0.2, 0) is 11.3 Å². The summed E-state index contributed by atoms with van der Waals surface area (Å²) in [4.78, 5) is 16.1. The average molecular weight is 280 g/mol. The van der Waals surface area contributed by atoms with Crippen LogP contribution in [0, 0.1) is 0 Å². The summed E-state index contributed by atoms with van der Waals surface area (Å²) in [5.74, 6) is 0.320. The number of hydrogen-bond donors (Lipinski definition) is 1. The highest BCUT2D eigenvalue weighted by atomic mass is 35.5. The molecule has 4 nitrogen and oxygen atoms in total. The Hall–Kier alpha value is -1.26. The number of nitrogen functional groups attached to an aromatic ring is 1. The topological polar surface area (TPSA) is 49.6 Å². The molecule has 1 aromatic rings. The zero-order valence-electron chi connectivity index (χ0n) is 10.8. The summed E-state index contributed by atoms with van der Waals surface area (Å²) < 4.78 is 0. The number of anilines is 1. The van der Waals surface area contributed by atoms with Crippen LogP contribution in [0.25, 0.3) is 0 Å². The second kappa shape index (κ2) is 5.02. The first-order valence-corrected chi connectivity index (χ1v) is 7.07. The minimum absolute atomic E-state index is 0.320. The van der Waals surface area contributed by atoms with Crippen LogP contribution in [0.4, 0.5) is 5.69 Å². The van der Waals surface area contributed by atoms with Crippen molar-refractivity contribution in [2.45, 2.75) is 25.4 Å². The van der Waals surface area contributed by atoms with Gasteiger partial charge >= 0.3 is 0 Å². The van der Waals surface area contributed by atoms with Gasteiger partial charge in [0.25, 0.3) is 0 Å². The lowest BCUT2D eigenvalue weighted by atomic mass is 10.1. The van der Waals surface area contributed by atoms with Gasteiger partial charge in [-0.2, -0.15) is 0 Å². The van der Waals surface area contributed by atoms with Crippen LogP contribution in [0.3, 0.4) is 0 Å². The molecule has 0 saturated carbocycles. The number of rotatable bonds is 2. The number of carbonyl (C=O) groups excluding carboxylic acids is 1. The summed E-state index contributed by atoms with van der Waals surface area (Å²) in [6.45, 7) is 3.63. The highest BCUT2D eigenvalue weighted by Gasteiger charge is 2.35. The van der Waals surface area contributed by atoms with Gasteiger partial charge in [-0.05, 0) is 24.1 Å². The highest BCUT2D eigenvalue weighted by molar-refractivity contribution is 6.33. The fourth-order valence-corrected chi connectivity index (χ4v) is 3.14. The van der Waals surface area contributed by atoms with Gasteiger partial charge < -0.3 is 10.6 Å². The fraction of sp³-hybridized carbons (Fsp3) is 0.500. The molecule has 0 aromatic heterocycles. The number of fused-ring (bicyclic) bond motifs is 1. The molecule has 1 amide bonds. The van der Waals surface area contributed by atoms with Crippen LogP contribution >= 0.6 is 11.6 Å². The van der Waals surface area contributed by atoms with Gasteiger partial charge in [0.15, 0.2) is 0 Å². The highest BCUT2D eigenvalue weighted by Crippen LogP contribution is 2.25. The number of hydrogen-bond acceptors (Lipinski definition) is 3. The predicted octanol–water partition coefficient (Wildman–Crippen LogP) is 1.73. The van der Waals surface area contributed by atoms with Crippen LogP contribution in [0.5, 0.6) is 0 Å². The van der Waals surface area contributed by atoms with Crippen molar-refractivity contribution in [1.82, 2.24) is 9.80 Å². The van der Waals surface area contributed by atoms with E-state index in [0.29, 0.717) is 29.1 Å². The first kappa shape index (κ1) is 12.8. The maximum Gasteiger partial charge on any atom is 0.222 e. The number of nitrogens with zero attached hydrogens (tertiary/aromatic N) is 2. The summed E-state index contributed by atoms with van der Waals surface area (Å²) in [6, 6.07) is 6.21. The van der Waals surface area contributed by atoms with Gasteiger partial charge in [0.1, 0.15) is 0 Å². The molecule has 1 aromatic carbocycles. The molecule has 19 heavy (non-hydrogen) atoms. The summed E-state index contributed by atoms with van der Waals surface area (Å²) in [7, 11) is 0. The van der Waals surface area contributed by atoms with Gasteiger partial charge in [-0.1, -0.05) is 17.7 Å². The number of piperazine rings is 1. The number of carbonyl (C=O) groups is 1. The van der Waals surface area contributed by atoms with Crippen LogP contribution in [0.15, 0.2) is 18.2 Å². The van der Waals surface area contributed by atoms with Crippen molar-refractivity contribution < 1.29 is 4.79 Å². The number of nitrogens with two attached hydrogens (primary N) is 1. The van der Waals surface area contributed by atoms with E-state index in [0.717, 1.165) is 32.6 Å². The Kier molecular flexibility index (Phi) is 3.37. The molecule has 2 heterocycles. The number of amides is 1. The molecule has 1 unspecified atom stereocenters. The third-order valence-corrected chi connectivity index (χ3v) is 4.39. The van der Waals surface area contributed by atoms with E-state index in [1.807, 2.05) is 23.1 Å². The summed E-state index contributed by atoms with van der Waals surface area (Å²) in [6.07, 6.45) is 1.71. The van der Waals surface area contributed by atoms with Crippen molar-refractivity contribution >= 4 is 23.2 Å². The second-order valence-corrected chi connectivity index (χ2v) is 5.78. The Balaban J connectivity index is 1.65. The molecule has 2 N–H and O–H groups in total. The zero-order chi connectivity index (χ0) is 13.4. The predicted molar refractivity (Wildman–Crippen MR) is 75.9 cm³/mol. The van der Waals surface area contributed by atoms with Crippen molar-refractivity contribution in [3.8, 4) is 0 Å². The number of benzene rings is 1. The average Bonchev–Trinajstić information content (AvgIpc) is 2.75. The maximum atomic E-state index is 11.6. The van der Waals surface area contributed by atoms with Crippen LogP contribution in [-0.4, -0.2) is 41.4 Å². The van der Waals surface area contributed by atoms with Crippen LogP contribution in [0.1, 0.15) is 18.4 Å². The normalized spacial score (nSPS) is 23.7. The first-order valence-electron chi connectivity index (χ1n) is 6.69. The van der Waals surface area contributed by atoms with E-state index in [-0.39, 0.29) is 0 Å².